The fraction of sp³-hybridized carbons (Fsp3) is 0.152. The van der Waals surface area contributed by atoms with Crippen molar-refractivity contribution in [1.29, 1.82) is 0 Å². The monoisotopic (exact) mass is 648 g/mol. The van der Waals surface area contributed by atoms with Crippen molar-refractivity contribution in [3.8, 4) is 45.1 Å². The summed E-state index contributed by atoms with van der Waals surface area (Å²) in [6.07, 6.45) is -0.105. The molecule has 0 radical (unpaired) electrons. The maximum Gasteiger partial charge on any atom is 0.432 e. The summed E-state index contributed by atoms with van der Waals surface area (Å²) in [6, 6.07) is 7.44. The molecule has 5 aromatic rings. The first-order chi connectivity index (χ1) is 21.9. The molecule has 5 rings (SSSR count). The molecule has 0 atom stereocenters. The van der Waals surface area contributed by atoms with E-state index < -0.39 is 74.8 Å². The Bertz CT molecular complexity index is 1850. The second-order valence-electron chi connectivity index (χ2n) is 9.97. The number of hydrogen-bond donors (Lipinski definition) is 0. The highest BCUT2D eigenvalue weighted by molar-refractivity contribution is 5.69. The first kappa shape index (κ1) is 32.3. The number of aromatic nitrogens is 2. The minimum Gasteiger partial charge on any atom is -0.490 e. The van der Waals surface area contributed by atoms with Gasteiger partial charge in [-0.3, -0.25) is 0 Å². The molecule has 238 valence electrons. The summed E-state index contributed by atoms with van der Waals surface area (Å²) < 4.78 is 140. The summed E-state index contributed by atoms with van der Waals surface area (Å²) in [6.45, 7) is 2.48. The van der Waals surface area contributed by atoms with Gasteiger partial charge in [-0.25, -0.2) is 40.7 Å². The van der Waals surface area contributed by atoms with Crippen molar-refractivity contribution in [3.05, 3.63) is 119 Å². The number of hydrogen-bond acceptors (Lipinski definition) is 4. The standard InChI is InChI=1S/C33H21F9N2O2/c1-2-3-8-45-21-15-43-32(44-16-21)17-4-6-22(24(34)9-17)18-10-26(36)30(27(37)11-18)33(41,42)46-20-5-7-23(25(35)14-20)19-12-28(38)31(40)29(39)13-19/h4-7,9-16H,2-3,8H2,1H3. The Kier molecular flexibility index (Phi) is 9.22. The van der Waals surface area contributed by atoms with Gasteiger partial charge in [0.1, 0.15) is 34.6 Å². The highest BCUT2D eigenvalue weighted by Crippen LogP contribution is 2.39. The Labute approximate surface area is 256 Å². The van der Waals surface area contributed by atoms with Gasteiger partial charge in [0.2, 0.25) is 0 Å². The van der Waals surface area contributed by atoms with Gasteiger partial charge in [0.25, 0.3) is 0 Å². The molecule has 0 spiro atoms. The van der Waals surface area contributed by atoms with Crippen LogP contribution in [0.2, 0.25) is 0 Å². The molecule has 0 amide bonds. The van der Waals surface area contributed by atoms with Crippen LogP contribution in [-0.4, -0.2) is 16.6 Å². The Morgan fingerprint density at radius 3 is 1.67 bits per heavy atom. The Balaban J connectivity index is 1.36. The van der Waals surface area contributed by atoms with Crippen LogP contribution in [0.5, 0.6) is 11.5 Å². The largest absolute Gasteiger partial charge is 0.490 e. The van der Waals surface area contributed by atoms with Crippen molar-refractivity contribution < 1.29 is 49.0 Å². The van der Waals surface area contributed by atoms with Crippen LogP contribution in [-0.2, 0) is 6.11 Å². The SMILES string of the molecule is CCCCOc1cnc(-c2ccc(-c3cc(F)c(C(F)(F)Oc4ccc(-c5cc(F)c(F)c(F)c5)c(F)c4)c(F)c3)c(F)c2)nc1. The van der Waals surface area contributed by atoms with E-state index in [0.717, 1.165) is 31.0 Å². The number of benzene rings is 4. The number of ether oxygens (including phenoxy) is 2. The predicted molar refractivity (Wildman–Crippen MR) is 149 cm³/mol. The van der Waals surface area contributed by atoms with Gasteiger partial charge in [0.05, 0.1) is 19.0 Å². The maximum absolute atomic E-state index is 15.1. The van der Waals surface area contributed by atoms with Crippen molar-refractivity contribution >= 4 is 0 Å². The van der Waals surface area contributed by atoms with Crippen LogP contribution in [0, 0.1) is 40.7 Å². The Morgan fingerprint density at radius 1 is 0.609 bits per heavy atom. The molecule has 4 nitrogen and oxygen atoms in total. The third-order valence-corrected chi connectivity index (χ3v) is 6.75. The molecule has 1 aromatic heterocycles. The molecule has 0 unspecified atom stereocenters. The average Bonchev–Trinajstić information content (AvgIpc) is 2.99. The van der Waals surface area contributed by atoms with Gasteiger partial charge >= 0.3 is 6.11 Å². The van der Waals surface area contributed by atoms with E-state index in [4.69, 9.17) is 4.74 Å². The lowest BCUT2D eigenvalue weighted by Crippen LogP contribution is -2.25. The first-order valence-corrected chi connectivity index (χ1v) is 13.6. The zero-order valence-corrected chi connectivity index (χ0v) is 23.7. The van der Waals surface area contributed by atoms with Crippen molar-refractivity contribution in [2.45, 2.75) is 25.9 Å². The average molecular weight is 649 g/mol. The van der Waals surface area contributed by atoms with Gasteiger partial charge in [-0.2, -0.15) is 8.78 Å². The van der Waals surface area contributed by atoms with Gasteiger partial charge in [0, 0.05) is 22.8 Å². The molecule has 4 aromatic carbocycles. The second-order valence-corrected chi connectivity index (χ2v) is 9.97. The lowest BCUT2D eigenvalue weighted by atomic mass is 10.00. The van der Waals surface area contributed by atoms with E-state index in [1.807, 2.05) is 6.92 Å². The molecule has 0 aliphatic carbocycles. The van der Waals surface area contributed by atoms with Crippen LogP contribution in [0.15, 0.2) is 73.1 Å². The van der Waals surface area contributed by atoms with Crippen molar-refractivity contribution in [3.63, 3.8) is 0 Å². The molecule has 0 saturated heterocycles. The van der Waals surface area contributed by atoms with Crippen molar-refractivity contribution in [2.75, 3.05) is 6.61 Å². The van der Waals surface area contributed by atoms with Crippen LogP contribution < -0.4 is 9.47 Å². The van der Waals surface area contributed by atoms with Gasteiger partial charge in [-0.1, -0.05) is 25.5 Å². The molecule has 0 aliphatic rings. The molecular weight excluding hydrogens is 627 g/mol. The number of rotatable bonds is 10. The van der Waals surface area contributed by atoms with E-state index >= 15 is 4.39 Å². The highest BCUT2D eigenvalue weighted by Gasteiger charge is 2.41. The summed E-state index contributed by atoms with van der Waals surface area (Å²) in [4.78, 5) is 8.24. The number of alkyl halides is 2. The molecule has 0 saturated carbocycles. The van der Waals surface area contributed by atoms with E-state index in [-0.39, 0.29) is 17.0 Å². The Hall–Kier alpha value is -5.07. The third kappa shape index (κ3) is 6.77. The summed E-state index contributed by atoms with van der Waals surface area (Å²) in [5, 5.41) is 0. The Morgan fingerprint density at radius 2 is 1.13 bits per heavy atom. The van der Waals surface area contributed by atoms with Gasteiger partial charge < -0.3 is 9.47 Å². The van der Waals surface area contributed by atoms with Crippen molar-refractivity contribution in [2.24, 2.45) is 0 Å². The molecule has 46 heavy (non-hydrogen) atoms. The molecular formula is C33H21F9N2O2. The van der Waals surface area contributed by atoms with E-state index in [1.165, 1.54) is 24.5 Å². The van der Waals surface area contributed by atoms with Crippen LogP contribution >= 0.6 is 0 Å². The lowest BCUT2D eigenvalue weighted by Gasteiger charge is -2.20. The predicted octanol–water partition coefficient (Wildman–Crippen LogP) is 9.76. The van der Waals surface area contributed by atoms with E-state index in [2.05, 4.69) is 14.7 Å². The van der Waals surface area contributed by atoms with Crippen LogP contribution in [0.25, 0.3) is 33.6 Å². The third-order valence-electron chi connectivity index (χ3n) is 6.75. The molecule has 1 heterocycles. The van der Waals surface area contributed by atoms with Crippen LogP contribution in [0.3, 0.4) is 0 Å². The fourth-order valence-corrected chi connectivity index (χ4v) is 4.47. The summed E-state index contributed by atoms with van der Waals surface area (Å²) in [5.74, 6) is -11.2. The van der Waals surface area contributed by atoms with Crippen LogP contribution in [0.4, 0.5) is 39.5 Å². The zero-order valence-electron chi connectivity index (χ0n) is 23.7. The molecule has 0 bridgehead atoms. The minimum atomic E-state index is -4.69. The smallest absolute Gasteiger partial charge is 0.432 e. The lowest BCUT2D eigenvalue weighted by molar-refractivity contribution is -0.189. The zero-order chi connectivity index (χ0) is 33.2. The van der Waals surface area contributed by atoms with Gasteiger partial charge in [-0.15, -0.1) is 0 Å². The molecule has 0 N–H and O–H groups in total. The number of unbranched alkanes of at least 4 members (excludes halogenated alkanes) is 1. The highest BCUT2D eigenvalue weighted by atomic mass is 19.3. The van der Waals surface area contributed by atoms with Crippen LogP contribution in [0.1, 0.15) is 25.3 Å². The van der Waals surface area contributed by atoms with E-state index in [9.17, 15) is 35.1 Å². The minimum absolute atomic E-state index is 0.138. The first-order valence-electron chi connectivity index (χ1n) is 13.6. The maximum atomic E-state index is 15.1. The normalized spacial score (nSPS) is 11.5. The van der Waals surface area contributed by atoms with E-state index in [0.29, 0.717) is 42.7 Å². The molecule has 0 fully saturated rings. The fourth-order valence-electron chi connectivity index (χ4n) is 4.47. The van der Waals surface area contributed by atoms with Gasteiger partial charge in [0.15, 0.2) is 29.0 Å². The van der Waals surface area contributed by atoms with Crippen molar-refractivity contribution in [1.82, 2.24) is 9.97 Å². The summed E-state index contributed by atoms with van der Waals surface area (Å²) in [7, 11) is 0. The topological polar surface area (TPSA) is 44.2 Å². The quantitative estimate of drug-likeness (QED) is 0.0860. The van der Waals surface area contributed by atoms with Gasteiger partial charge in [-0.05, 0) is 60.0 Å². The molecule has 0 aliphatic heterocycles. The van der Waals surface area contributed by atoms with E-state index in [1.54, 1.807) is 0 Å². The summed E-state index contributed by atoms with van der Waals surface area (Å²) >= 11 is 0. The number of halogens is 9. The summed E-state index contributed by atoms with van der Waals surface area (Å²) in [5.41, 5.74) is -3.28. The number of nitrogens with zero attached hydrogens (tertiary/aromatic N) is 2. The second kappa shape index (κ2) is 13.1. The molecule has 13 heteroatoms.